The molecule has 0 saturated carbocycles. The molecule has 1 N–H and O–H groups in total. The van der Waals surface area contributed by atoms with Gasteiger partial charge in [0, 0.05) is 24.6 Å². The molecular formula is C25H30BrN5O3. The van der Waals surface area contributed by atoms with Crippen molar-refractivity contribution >= 4 is 33.8 Å². The summed E-state index contributed by atoms with van der Waals surface area (Å²) >= 11 is 3.49. The van der Waals surface area contributed by atoms with Gasteiger partial charge in [0.05, 0.1) is 13.1 Å². The number of fused-ring (bicyclic) bond motifs is 1. The molecule has 0 aromatic heterocycles. The lowest BCUT2D eigenvalue weighted by Crippen LogP contribution is -2.76. The summed E-state index contributed by atoms with van der Waals surface area (Å²) in [5, 5.41) is 6.20. The minimum absolute atomic E-state index is 0.0391. The molecular weight excluding hydrogens is 498 g/mol. The van der Waals surface area contributed by atoms with Gasteiger partial charge < -0.3 is 15.1 Å². The van der Waals surface area contributed by atoms with Crippen molar-refractivity contribution in [3.8, 4) is 0 Å². The maximum Gasteiger partial charge on any atom is 0.334 e. The van der Waals surface area contributed by atoms with Gasteiger partial charge in [0.2, 0.25) is 11.8 Å². The largest absolute Gasteiger partial charge is 0.334 e. The number of benzene rings is 2. The highest BCUT2D eigenvalue weighted by Crippen LogP contribution is 2.30. The first-order valence-corrected chi connectivity index (χ1v) is 12.2. The predicted octanol–water partition coefficient (Wildman–Crippen LogP) is 3.04. The molecule has 0 aliphatic carbocycles. The van der Waals surface area contributed by atoms with Gasteiger partial charge in [-0.25, -0.2) is 14.8 Å². The Morgan fingerprint density at radius 2 is 1.79 bits per heavy atom. The van der Waals surface area contributed by atoms with Crippen molar-refractivity contribution in [3.63, 3.8) is 0 Å². The third kappa shape index (κ3) is 4.95. The van der Waals surface area contributed by atoms with Gasteiger partial charge in [0.1, 0.15) is 12.2 Å². The van der Waals surface area contributed by atoms with Crippen LogP contribution in [0.3, 0.4) is 0 Å². The van der Waals surface area contributed by atoms with E-state index in [0.29, 0.717) is 13.1 Å². The number of carbonyl (C=O) groups excluding carboxylic acids is 3. The highest BCUT2D eigenvalue weighted by molar-refractivity contribution is 9.10. The van der Waals surface area contributed by atoms with Crippen LogP contribution < -0.4 is 5.32 Å². The number of nitrogens with zero attached hydrogens (tertiary/aromatic N) is 4. The quantitative estimate of drug-likeness (QED) is 0.648. The fourth-order valence-electron chi connectivity index (χ4n) is 4.71. The molecule has 9 heteroatoms. The van der Waals surface area contributed by atoms with E-state index in [0.717, 1.165) is 15.6 Å². The molecule has 2 aromatic rings. The minimum atomic E-state index is -0.628. The summed E-state index contributed by atoms with van der Waals surface area (Å²) in [7, 11) is 1.73. The van der Waals surface area contributed by atoms with Gasteiger partial charge in [-0.3, -0.25) is 9.59 Å². The van der Waals surface area contributed by atoms with Crippen molar-refractivity contribution in [2.24, 2.45) is 5.92 Å². The molecule has 2 saturated heterocycles. The number of amides is 4. The Hall–Kier alpha value is -2.91. The molecule has 2 aromatic carbocycles. The van der Waals surface area contributed by atoms with Crippen molar-refractivity contribution in [3.05, 3.63) is 70.2 Å². The van der Waals surface area contributed by atoms with E-state index in [1.165, 1.54) is 0 Å². The second-order valence-electron chi connectivity index (χ2n) is 9.12. The number of carbonyl (C=O) groups is 3. The van der Waals surface area contributed by atoms with E-state index in [9.17, 15) is 14.4 Å². The van der Waals surface area contributed by atoms with Crippen LogP contribution in [0.4, 0.5) is 4.79 Å². The molecule has 2 aliphatic rings. The second kappa shape index (κ2) is 10.1. The smallest absolute Gasteiger partial charge is 0.333 e. The zero-order valence-electron chi connectivity index (χ0n) is 19.6. The maximum atomic E-state index is 13.5. The van der Waals surface area contributed by atoms with Gasteiger partial charge in [-0.05, 0) is 29.2 Å². The third-order valence-electron chi connectivity index (χ3n) is 6.26. The summed E-state index contributed by atoms with van der Waals surface area (Å²) in [6, 6.07) is 16.6. The molecule has 0 unspecified atom stereocenters. The number of likely N-dealkylation sites (N-methyl/N-ethyl adjacent to an activating group) is 1. The van der Waals surface area contributed by atoms with Gasteiger partial charge >= 0.3 is 6.03 Å². The molecule has 8 nitrogen and oxygen atoms in total. The zero-order chi connectivity index (χ0) is 24.4. The molecule has 0 radical (unpaired) electrons. The highest BCUT2D eigenvalue weighted by Gasteiger charge is 2.51. The van der Waals surface area contributed by atoms with E-state index in [1.807, 2.05) is 68.4 Å². The van der Waals surface area contributed by atoms with E-state index >= 15 is 0 Å². The van der Waals surface area contributed by atoms with Gasteiger partial charge in [0.25, 0.3) is 0 Å². The standard InChI is InChI=1S/C25H30BrN5O3/c1-17(2)23-24(33)29(14-19-10-7-11-20(26)12-19)15-21-30(23)22(32)16-28(3)31(21)25(34)27-13-18-8-5-4-6-9-18/h4-12,17,21,23H,13-16H2,1-3H3,(H,27,34)/t21-,23-/m0/s1. The topological polar surface area (TPSA) is 76.2 Å². The van der Waals surface area contributed by atoms with Crippen LogP contribution in [0.25, 0.3) is 0 Å². The number of piperazine rings is 1. The van der Waals surface area contributed by atoms with Crippen LogP contribution in [0.1, 0.15) is 25.0 Å². The van der Waals surface area contributed by atoms with Gasteiger partial charge in [0.15, 0.2) is 0 Å². The fourth-order valence-corrected chi connectivity index (χ4v) is 5.16. The second-order valence-corrected chi connectivity index (χ2v) is 10.0. The van der Waals surface area contributed by atoms with Gasteiger partial charge in [-0.15, -0.1) is 0 Å². The van der Waals surface area contributed by atoms with Gasteiger partial charge in [-0.1, -0.05) is 72.2 Å². The molecule has 34 heavy (non-hydrogen) atoms. The average Bonchev–Trinajstić information content (AvgIpc) is 2.79. The first-order chi connectivity index (χ1) is 16.3. The van der Waals surface area contributed by atoms with Crippen LogP contribution in [0.5, 0.6) is 0 Å². The van der Waals surface area contributed by atoms with E-state index < -0.39 is 12.2 Å². The van der Waals surface area contributed by atoms with E-state index in [1.54, 1.807) is 26.9 Å². The summed E-state index contributed by atoms with van der Waals surface area (Å²) in [5.74, 6) is -0.329. The summed E-state index contributed by atoms with van der Waals surface area (Å²) in [5.41, 5.74) is 1.97. The molecule has 2 heterocycles. The Balaban J connectivity index is 1.61. The Labute approximate surface area is 208 Å². The molecule has 2 atom stereocenters. The number of rotatable bonds is 5. The predicted molar refractivity (Wildman–Crippen MR) is 132 cm³/mol. The van der Waals surface area contributed by atoms with E-state index in [-0.39, 0.29) is 36.9 Å². The molecule has 180 valence electrons. The van der Waals surface area contributed by atoms with Crippen molar-refractivity contribution in [1.82, 2.24) is 25.1 Å². The van der Waals surface area contributed by atoms with Crippen molar-refractivity contribution in [2.45, 2.75) is 39.1 Å². The Morgan fingerprint density at radius 1 is 1.09 bits per heavy atom. The summed E-state index contributed by atoms with van der Waals surface area (Å²) in [6.07, 6.45) is -0.584. The highest BCUT2D eigenvalue weighted by atomic mass is 79.9. The number of halogens is 1. The average molecular weight is 528 g/mol. The Bertz CT molecular complexity index is 1060. The summed E-state index contributed by atoms with van der Waals surface area (Å²) in [4.78, 5) is 43.3. The zero-order valence-corrected chi connectivity index (χ0v) is 21.2. The molecule has 2 fully saturated rings. The van der Waals surface area contributed by atoms with E-state index in [4.69, 9.17) is 0 Å². The Morgan fingerprint density at radius 3 is 2.47 bits per heavy atom. The third-order valence-corrected chi connectivity index (χ3v) is 6.75. The number of nitrogens with one attached hydrogen (secondary N) is 1. The first kappa shape index (κ1) is 24.2. The van der Waals surface area contributed by atoms with Gasteiger partial charge in [-0.2, -0.15) is 0 Å². The van der Waals surface area contributed by atoms with Crippen LogP contribution in [0, 0.1) is 5.92 Å². The summed E-state index contributed by atoms with van der Waals surface area (Å²) < 4.78 is 0.936. The molecule has 4 amide bonds. The summed E-state index contributed by atoms with van der Waals surface area (Å²) in [6.45, 7) is 4.93. The van der Waals surface area contributed by atoms with E-state index in [2.05, 4.69) is 21.2 Å². The van der Waals surface area contributed by atoms with Crippen LogP contribution >= 0.6 is 15.9 Å². The Kier molecular flexibility index (Phi) is 7.23. The monoisotopic (exact) mass is 527 g/mol. The first-order valence-electron chi connectivity index (χ1n) is 11.4. The van der Waals surface area contributed by atoms with Crippen LogP contribution in [-0.2, 0) is 22.7 Å². The molecule has 4 rings (SSSR count). The molecule has 2 aliphatic heterocycles. The normalized spacial score (nSPS) is 21.1. The van der Waals surface area contributed by atoms with Crippen molar-refractivity contribution in [1.29, 1.82) is 0 Å². The minimum Gasteiger partial charge on any atom is -0.333 e. The number of hydrazine groups is 1. The maximum absolute atomic E-state index is 13.5. The van der Waals surface area contributed by atoms with Crippen LogP contribution in [0.2, 0.25) is 0 Å². The lowest BCUT2D eigenvalue weighted by molar-refractivity contribution is -0.190. The van der Waals surface area contributed by atoms with Crippen molar-refractivity contribution < 1.29 is 14.4 Å². The lowest BCUT2D eigenvalue weighted by Gasteiger charge is -2.55. The lowest BCUT2D eigenvalue weighted by atomic mass is 9.96. The number of hydrogen-bond acceptors (Lipinski definition) is 4. The SMILES string of the molecule is CC(C)[C@H]1C(=O)N(Cc2cccc(Br)c2)C[C@H]2N1C(=O)CN(C)N2C(=O)NCc1ccccc1. The van der Waals surface area contributed by atoms with Crippen molar-refractivity contribution in [2.75, 3.05) is 20.1 Å². The number of hydrogen-bond donors (Lipinski definition) is 1. The number of urea groups is 1. The van der Waals surface area contributed by atoms with Crippen LogP contribution in [0.15, 0.2) is 59.1 Å². The molecule has 0 bridgehead atoms. The molecule has 0 spiro atoms. The van der Waals surface area contributed by atoms with Crippen LogP contribution in [-0.4, -0.2) is 70.0 Å². The fraction of sp³-hybridized carbons (Fsp3) is 0.400.